The molecule has 4 aromatic carbocycles. The predicted molar refractivity (Wildman–Crippen MR) is 135 cm³/mol. The van der Waals surface area contributed by atoms with Gasteiger partial charge in [-0.15, -0.1) is 0 Å². The third-order valence-electron chi connectivity index (χ3n) is 6.53. The maximum atomic E-state index is 12.2. The number of hydrogen-bond acceptors (Lipinski definition) is 5. The smallest absolute Gasteiger partial charge is 0.311 e. The minimum atomic E-state index is -0.399. The number of nitro benzene ring substituents is 1. The summed E-state index contributed by atoms with van der Waals surface area (Å²) in [4.78, 5) is 23.5. The number of carbonyl (C=O) groups excluding carboxylic acids is 1. The molecule has 4 aromatic rings. The van der Waals surface area contributed by atoms with Crippen molar-refractivity contribution >= 4 is 22.4 Å². The number of methoxy groups -OCH3 is 1. The second-order valence-corrected chi connectivity index (χ2v) is 8.80. The number of esters is 1. The minimum absolute atomic E-state index is 0.0912. The van der Waals surface area contributed by atoms with Crippen LogP contribution in [0.4, 0.5) is 5.69 Å². The van der Waals surface area contributed by atoms with Gasteiger partial charge in [0.1, 0.15) is 6.10 Å². The van der Waals surface area contributed by atoms with Crippen LogP contribution in [0, 0.1) is 10.1 Å². The zero-order chi connectivity index (χ0) is 24.4. The number of aryl methyl sites for hydroxylation is 1. The Morgan fingerprint density at radius 1 is 0.943 bits per heavy atom. The monoisotopic (exact) mass is 467 g/mol. The van der Waals surface area contributed by atoms with Gasteiger partial charge in [0.25, 0.3) is 0 Å². The Labute approximate surface area is 203 Å². The van der Waals surface area contributed by atoms with E-state index in [1.165, 1.54) is 24.3 Å². The van der Waals surface area contributed by atoms with Gasteiger partial charge in [0.2, 0.25) is 5.75 Å². The Bertz CT molecular complexity index is 1400. The van der Waals surface area contributed by atoms with E-state index >= 15 is 0 Å². The van der Waals surface area contributed by atoms with Gasteiger partial charge in [-0.2, -0.15) is 0 Å². The molecule has 5 rings (SSSR count). The summed E-state index contributed by atoms with van der Waals surface area (Å²) in [6.07, 6.45) is 1.70. The van der Waals surface area contributed by atoms with Gasteiger partial charge in [0, 0.05) is 30.9 Å². The number of hydrogen-bond donors (Lipinski definition) is 0. The summed E-state index contributed by atoms with van der Waals surface area (Å²) in [5.41, 5.74) is 4.50. The quantitative estimate of drug-likeness (QED) is 0.187. The topological polar surface area (TPSA) is 78.7 Å². The SMILES string of the molecule is COC(=O)CCc1cc(-c2ccc3ccccc3c2)c(OC2Cc3ccccc3C2)c([N+](=O)[O-])c1. The molecule has 35 heavy (non-hydrogen) atoms. The van der Waals surface area contributed by atoms with Gasteiger partial charge in [0.05, 0.1) is 12.0 Å². The van der Waals surface area contributed by atoms with Crippen molar-refractivity contribution in [2.24, 2.45) is 0 Å². The third kappa shape index (κ3) is 4.73. The van der Waals surface area contributed by atoms with Crippen LogP contribution in [-0.2, 0) is 28.8 Å². The average molecular weight is 468 g/mol. The fourth-order valence-corrected chi connectivity index (χ4v) is 4.76. The number of ether oxygens (including phenoxy) is 2. The van der Waals surface area contributed by atoms with Crippen LogP contribution in [0.2, 0.25) is 0 Å². The van der Waals surface area contributed by atoms with E-state index in [0.29, 0.717) is 30.4 Å². The summed E-state index contributed by atoms with van der Waals surface area (Å²) in [7, 11) is 1.34. The van der Waals surface area contributed by atoms with Gasteiger partial charge in [-0.05, 0) is 51.6 Å². The second-order valence-electron chi connectivity index (χ2n) is 8.80. The van der Waals surface area contributed by atoms with Crippen molar-refractivity contribution < 1.29 is 19.2 Å². The van der Waals surface area contributed by atoms with Crippen LogP contribution >= 0.6 is 0 Å². The molecule has 0 aromatic heterocycles. The Morgan fingerprint density at radius 2 is 1.63 bits per heavy atom. The van der Waals surface area contributed by atoms with Gasteiger partial charge in [-0.25, -0.2) is 0 Å². The van der Waals surface area contributed by atoms with Gasteiger partial charge in [0.15, 0.2) is 0 Å². The van der Waals surface area contributed by atoms with E-state index in [9.17, 15) is 14.9 Å². The van der Waals surface area contributed by atoms with E-state index in [0.717, 1.165) is 16.3 Å². The van der Waals surface area contributed by atoms with Crippen molar-refractivity contribution in [2.75, 3.05) is 7.11 Å². The summed E-state index contributed by atoms with van der Waals surface area (Å²) in [6.45, 7) is 0. The van der Waals surface area contributed by atoms with E-state index in [-0.39, 0.29) is 29.9 Å². The van der Waals surface area contributed by atoms with E-state index in [4.69, 9.17) is 9.47 Å². The Balaban J connectivity index is 1.60. The summed E-state index contributed by atoms with van der Waals surface area (Å²) in [5, 5.41) is 14.3. The molecule has 0 unspecified atom stereocenters. The summed E-state index contributed by atoms with van der Waals surface area (Å²) >= 11 is 0. The highest BCUT2D eigenvalue weighted by Gasteiger charge is 2.29. The molecule has 0 fully saturated rings. The molecule has 0 saturated carbocycles. The average Bonchev–Trinajstić information content (AvgIpc) is 3.29. The molecule has 1 aliphatic carbocycles. The number of carbonyl (C=O) groups is 1. The van der Waals surface area contributed by atoms with Crippen molar-refractivity contribution in [3.63, 3.8) is 0 Å². The van der Waals surface area contributed by atoms with Crippen LogP contribution < -0.4 is 4.74 Å². The lowest BCUT2D eigenvalue weighted by Gasteiger charge is -2.18. The molecule has 0 saturated heterocycles. The van der Waals surface area contributed by atoms with Crippen LogP contribution in [0.1, 0.15) is 23.1 Å². The zero-order valence-corrected chi connectivity index (χ0v) is 19.4. The Hall–Kier alpha value is -4.19. The first-order valence-electron chi connectivity index (χ1n) is 11.6. The number of nitrogens with zero attached hydrogens (tertiary/aromatic N) is 1. The predicted octanol–water partition coefficient (Wildman–Crippen LogP) is 6.07. The molecule has 0 spiro atoms. The van der Waals surface area contributed by atoms with Crippen LogP contribution in [0.3, 0.4) is 0 Å². The molecule has 0 radical (unpaired) electrons. The fourth-order valence-electron chi connectivity index (χ4n) is 4.76. The van der Waals surface area contributed by atoms with Crippen LogP contribution in [0.5, 0.6) is 5.75 Å². The van der Waals surface area contributed by atoms with E-state index in [2.05, 4.69) is 12.1 Å². The molecule has 176 valence electrons. The molecule has 1 aliphatic rings. The van der Waals surface area contributed by atoms with Crippen molar-refractivity contribution in [3.8, 4) is 16.9 Å². The zero-order valence-electron chi connectivity index (χ0n) is 19.4. The van der Waals surface area contributed by atoms with Crippen molar-refractivity contribution in [2.45, 2.75) is 31.8 Å². The number of benzene rings is 4. The molecular weight excluding hydrogens is 442 g/mol. The Morgan fingerprint density at radius 3 is 2.31 bits per heavy atom. The number of fused-ring (bicyclic) bond motifs is 2. The lowest BCUT2D eigenvalue weighted by atomic mass is 9.96. The van der Waals surface area contributed by atoms with Gasteiger partial charge >= 0.3 is 11.7 Å². The summed E-state index contributed by atoms with van der Waals surface area (Å²) in [5.74, 6) is -0.0890. The maximum absolute atomic E-state index is 12.2. The van der Waals surface area contributed by atoms with Crippen molar-refractivity contribution in [1.82, 2.24) is 0 Å². The van der Waals surface area contributed by atoms with E-state index in [1.54, 1.807) is 0 Å². The van der Waals surface area contributed by atoms with E-state index < -0.39 is 4.92 Å². The van der Waals surface area contributed by atoms with Crippen LogP contribution in [0.15, 0.2) is 78.9 Å². The van der Waals surface area contributed by atoms with Crippen LogP contribution in [-0.4, -0.2) is 24.1 Å². The first-order chi connectivity index (χ1) is 17.0. The molecule has 0 amide bonds. The van der Waals surface area contributed by atoms with Crippen molar-refractivity contribution in [1.29, 1.82) is 0 Å². The molecule has 0 heterocycles. The largest absolute Gasteiger partial charge is 0.482 e. The highest BCUT2D eigenvalue weighted by Crippen LogP contribution is 2.42. The number of rotatable bonds is 7. The minimum Gasteiger partial charge on any atom is -0.482 e. The lowest BCUT2D eigenvalue weighted by Crippen LogP contribution is -2.18. The standard InChI is InChI=1S/C29H25NO5/c1-34-28(31)13-10-19-14-26(24-12-11-20-6-2-3-7-21(20)16-24)29(27(15-19)30(32)33)35-25-17-22-8-4-5-9-23(22)18-25/h2-9,11-12,14-16,25H,10,13,17-18H2,1H3. The molecule has 0 atom stereocenters. The molecular formula is C29H25NO5. The molecule has 0 N–H and O–H groups in total. The fraction of sp³-hybridized carbons (Fsp3) is 0.207. The summed E-state index contributed by atoms with van der Waals surface area (Å²) in [6, 6.07) is 25.6. The van der Waals surface area contributed by atoms with Crippen molar-refractivity contribution in [3.05, 3.63) is 106 Å². The first kappa shape index (κ1) is 22.6. The molecule has 0 aliphatic heterocycles. The third-order valence-corrected chi connectivity index (χ3v) is 6.53. The van der Waals surface area contributed by atoms with Gasteiger partial charge < -0.3 is 9.47 Å². The summed E-state index contributed by atoms with van der Waals surface area (Å²) < 4.78 is 11.2. The molecule has 0 bridgehead atoms. The lowest BCUT2D eigenvalue weighted by molar-refractivity contribution is -0.386. The van der Waals surface area contributed by atoms with Gasteiger partial charge in [-0.3, -0.25) is 14.9 Å². The second kappa shape index (κ2) is 9.58. The van der Waals surface area contributed by atoms with Crippen LogP contribution in [0.25, 0.3) is 21.9 Å². The highest BCUT2D eigenvalue weighted by molar-refractivity contribution is 5.89. The highest BCUT2D eigenvalue weighted by atomic mass is 16.6. The molecule has 6 nitrogen and oxygen atoms in total. The van der Waals surface area contributed by atoms with Gasteiger partial charge in [-0.1, -0.05) is 60.7 Å². The Kier molecular flexibility index (Phi) is 6.19. The first-order valence-corrected chi connectivity index (χ1v) is 11.6. The molecule has 6 heteroatoms. The van der Waals surface area contributed by atoms with E-state index in [1.807, 2.05) is 60.7 Å². The maximum Gasteiger partial charge on any atom is 0.311 e. The normalized spacial score (nSPS) is 12.9. The number of nitro groups is 1.